The van der Waals surface area contributed by atoms with Gasteiger partial charge in [0.15, 0.2) is 5.96 Å². The number of hydrogen-bond donors (Lipinski definition) is 12. The second-order valence-corrected chi connectivity index (χ2v) is 14.6. The largest absolute Gasteiger partial charge is 0.480 e. The molecule has 1 heterocycles. The maximum Gasteiger partial charge on any atom is 0.325 e. The number of carbonyl (C=O) groups is 8. The highest BCUT2D eigenvalue weighted by Gasteiger charge is 2.41. The van der Waals surface area contributed by atoms with E-state index in [1.807, 2.05) is 0 Å². The summed E-state index contributed by atoms with van der Waals surface area (Å²) in [7, 11) is 0. The lowest BCUT2D eigenvalue weighted by Crippen LogP contribution is -2.61. The van der Waals surface area contributed by atoms with Crippen molar-refractivity contribution in [3.8, 4) is 0 Å². The first kappa shape index (κ1) is 49.9. The molecule has 0 radical (unpaired) electrons. The zero-order valence-electron chi connectivity index (χ0n) is 33.6. The van der Waals surface area contributed by atoms with E-state index in [2.05, 4.69) is 36.9 Å². The molecular formula is C35H63N11O11. The molecule has 0 aliphatic carbocycles. The van der Waals surface area contributed by atoms with Gasteiger partial charge >= 0.3 is 5.97 Å². The number of aliphatic imine (C=N–C) groups is 1. The number of nitrogens with zero attached hydrogens (tertiary/aromatic N) is 2. The standard InChI is InChI=1S/C35H63N11O11/c1-7-18(4)26(33(55)46-13-9-11-25(46)32(54)41-20(6)34(56)57)45-31(53)24(16-48)44-29(51)22(10-8-12-39-35(37)38)42-30(52)23(14-17(2)3)43-27(49)19(5)40-28(50)21(36)15-47/h17-26,47-48H,7-16,36H2,1-6H3,(H,40,50)(H,41,54)(H,42,52)(H,43,49)(H,44,51)(H,45,53)(H,56,57)(H4,37,38,39)/t18-,19-,20-,21-,22-,23-,24-,25-,26-/m0/s1. The molecule has 1 aliphatic heterocycles. The fourth-order valence-corrected chi connectivity index (χ4v) is 5.77. The number of aliphatic hydroxyl groups is 2. The Balaban J connectivity index is 3.26. The lowest BCUT2D eigenvalue weighted by molar-refractivity contribution is -0.145. The van der Waals surface area contributed by atoms with Gasteiger partial charge < -0.3 is 69.3 Å². The van der Waals surface area contributed by atoms with Crippen LogP contribution in [0.25, 0.3) is 0 Å². The molecule has 15 N–H and O–H groups in total. The normalized spacial score (nSPS) is 18.0. The van der Waals surface area contributed by atoms with E-state index >= 15 is 0 Å². The van der Waals surface area contributed by atoms with Crippen molar-refractivity contribution >= 4 is 53.3 Å². The van der Waals surface area contributed by atoms with Crippen molar-refractivity contribution in [1.82, 2.24) is 36.8 Å². The van der Waals surface area contributed by atoms with Crippen molar-refractivity contribution < 1.29 is 53.7 Å². The van der Waals surface area contributed by atoms with Crippen molar-refractivity contribution in [2.75, 3.05) is 26.3 Å². The molecule has 7 amide bonds. The minimum absolute atomic E-state index is 0.0607. The molecule has 1 fully saturated rings. The smallest absolute Gasteiger partial charge is 0.325 e. The second kappa shape index (κ2) is 24.5. The Kier molecular flexibility index (Phi) is 21.5. The van der Waals surface area contributed by atoms with E-state index in [1.54, 1.807) is 27.7 Å². The van der Waals surface area contributed by atoms with Gasteiger partial charge in [-0.15, -0.1) is 0 Å². The summed E-state index contributed by atoms with van der Waals surface area (Å²) < 4.78 is 0. The summed E-state index contributed by atoms with van der Waals surface area (Å²) in [6.07, 6.45) is 1.35. The monoisotopic (exact) mass is 813 g/mol. The summed E-state index contributed by atoms with van der Waals surface area (Å²) in [6, 6.07) is -9.94. The van der Waals surface area contributed by atoms with Crippen LogP contribution in [0, 0.1) is 11.8 Å². The predicted octanol–water partition coefficient (Wildman–Crippen LogP) is -4.53. The number of aliphatic hydroxyl groups excluding tert-OH is 2. The Morgan fingerprint density at radius 2 is 1.33 bits per heavy atom. The molecule has 9 atom stereocenters. The molecular weight excluding hydrogens is 750 g/mol. The molecule has 0 aromatic rings. The van der Waals surface area contributed by atoms with Gasteiger partial charge in [-0.05, 0) is 57.8 Å². The van der Waals surface area contributed by atoms with Crippen LogP contribution in [0.2, 0.25) is 0 Å². The fourth-order valence-electron chi connectivity index (χ4n) is 5.77. The molecule has 1 rings (SSSR count). The Labute approximate surface area is 332 Å². The van der Waals surface area contributed by atoms with Crippen LogP contribution in [0.4, 0.5) is 0 Å². The molecule has 1 saturated heterocycles. The van der Waals surface area contributed by atoms with Gasteiger partial charge in [0.1, 0.15) is 48.3 Å². The summed E-state index contributed by atoms with van der Waals surface area (Å²) in [5.41, 5.74) is 16.3. The molecule has 324 valence electrons. The molecule has 0 aromatic heterocycles. The van der Waals surface area contributed by atoms with Gasteiger partial charge in [0.2, 0.25) is 41.4 Å². The number of nitrogens with one attached hydrogen (secondary N) is 6. The highest BCUT2D eigenvalue weighted by Crippen LogP contribution is 2.22. The van der Waals surface area contributed by atoms with Crippen LogP contribution in [0.1, 0.15) is 80.1 Å². The highest BCUT2D eigenvalue weighted by atomic mass is 16.4. The van der Waals surface area contributed by atoms with Crippen molar-refractivity contribution in [1.29, 1.82) is 0 Å². The van der Waals surface area contributed by atoms with Crippen LogP contribution in [-0.2, 0) is 38.4 Å². The van der Waals surface area contributed by atoms with Crippen LogP contribution >= 0.6 is 0 Å². The number of hydrogen-bond acceptors (Lipinski definition) is 12. The van der Waals surface area contributed by atoms with Crippen LogP contribution in [-0.4, -0.2) is 148 Å². The van der Waals surface area contributed by atoms with Crippen molar-refractivity contribution in [3.63, 3.8) is 0 Å². The summed E-state index contributed by atoms with van der Waals surface area (Å²) in [5.74, 6) is -7.48. The number of carboxylic acid groups (broad SMARTS) is 1. The van der Waals surface area contributed by atoms with E-state index < -0.39 is 115 Å². The van der Waals surface area contributed by atoms with Gasteiger partial charge in [-0.2, -0.15) is 0 Å². The van der Waals surface area contributed by atoms with Gasteiger partial charge in [0.05, 0.1) is 13.2 Å². The Morgan fingerprint density at radius 3 is 1.88 bits per heavy atom. The number of guanidine groups is 1. The number of likely N-dealkylation sites (tertiary alicyclic amines) is 1. The molecule has 0 unspecified atom stereocenters. The third-order valence-corrected chi connectivity index (χ3v) is 9.36. The summed E-state index contributed by atoms with van der Waals surface area (Å²) >= 11 is 0. The molecule has 1 aliphatic rings. The number of aliphatic carboxylic acids is 1. The molecule has 0 aromatic carbocycles. The van der Waals surface area contributed by atoms with Crippen LogP contribution in [0.5, 0.6) is 0 Å². The maximum absolute atomic E-state index is 13.9. The SMILES string of the molecule is CC[C@H](C)[C@H](NC(=O)[C@H](CO)NC(=O)[C@H](CCCN=C(N)N)NC(=O)[C@H](CC(C)C)NC(=O)[C@H](C)NC(=O)[C@@H](N)CO)C(=O)N1CCC[C@H]1C(=O)N[C@@H](C)C(=O)O. The molecule has 0 spiro atoms. The maximum atomic E-state index is 13.9. The van der Waals surface area contributed by atoms with Gasteiger partial charge in [0.25, 0.3) is 0 Å². The fraction of sp³-hybridized carbons (Fsp3) is 0.743. The first-order valence-electron chi connectivity index (χ1n) is 19.1. The second-order valence-electron chi connectivity index (χ2n) is 14.6. The van der Waals surface area contributed by atoms with Gasteiger partial charge in [-0.1, -0.05) is 34.1 Å². The third-order valence-electron chi connectivity index (χ3n) is 9.36. The Hall–Kier alpha value is -5.09. The van der Waals surface area contributed by atoms with E-state index in [0.29, 0.717) is 12.8 Å². The van der Waals surface area contributed by atoms with Gasteiger partial charge in [-0.3, -0.25) is 43.3 Å². The predicted molar refractivity (Wildman–Crippen MR) is 206 cm³/mol. The van der Waals surface area contributed by atoms with Crippen LogP contribution < -0.4 is 49.1 Å². The van der Waals surface area contributed by atoms with E-state index in [9.17, 15) is 48.6 Å². The lowest BCUT2D eigenvalue weighted by Gasteiger charge is -2.32. The molecule has 0 saturated carbocycles. The van der Waals surface area contributed by atoms with Gasteiger partial charge in [0, 0.05) is 13.1 Å². The van der Waals surface area contributed by atoms with Crippen molar-refractivity contribution in [2.24, 2.45) is 34.0 Å². The average Bonchev–Trinajstić information content (AvgIpc) is 3.65. The number of amides is 7. The van der Waals surface area contributed by atoms with E-state index in [-0.39, 0.29) is 50.7 Å². The van der Waals surface area contributed by atoms with Gasteiger partial charge in [-0.25, -0.2) is 0 Å². The topological polar surface area (TPSA) is 363 Å². The molecule has 22 heteroatoms. The zero-order chi connectivity index (χ0) is 43.6. The summed E-state index contributed by atoms with van der Waals surface area (Å²) in [4.78, 5) is 109. The highest BCUT2D eigenvalue weighted by molar-refractivity contribution is 5.97. The first-order valence-corrected chi connectivity index (χ1v) is 19.1. The Bertz CT molecular complexity index is 1440. The van der Waals surface area contributed by atoms with Crippen LogP contribution in [0.15, 0.2) is 4.99 Å². The third kappa shape index (κ3) is 16.5. The first-order chi connectivity index (χ1) is 26.7. The van der Waals surface area contributed by atoms with E-state index in [0.717, 1.165) is 0 Å². The molecule has 22 nitrogen and oxygen atoms in total. The Morgan fingerprint density at radius 1 is 0.754 bits per heavy atom. The zero-order valence-corrected chi connectivity index (χ0v) is 33.6. The van der Waals surface area contributed by atoms with Crippen LogP contribution in [0.3, 0.4) is 0 Å². The van der Waals surface area contributed by atoms with E-state index in [1.165, 1.54) is 18.7 Å². The molecule has 0 bridgehead atoms. The minimum Gasteiger partial charge on any atom is -0.480 e. The number of rotatable bonds is 24. The van der Waals surface area contributed by atoms with E-state index in [4.69, 9.17) is 22.3 Å². The molecule has 57 heavy (non-hydrogen) atoms. The van der Waals surface area contributed by atoms with Crippen molar-refractivity contribution in [2.45, 2.75) is 128 Å². The quantitative estimate of drug-likeness (QED) is 0.0248. The summed E-state index contributed by atoms with van der Waals surface area (Å²) in [5, 5.41) is 43.5. The number of nitrogens with two attached hydrogens (primary N) is 3. The number of carboxylic acids is 1. The lowest BCUT2D eigenvalue weighted by atomic mass is 9.96. The summed E-state index contributed by atoms with van der Waals surface area (Å²) in [6.45, 7) is 8.36. The average molecular weight is 814 g/mol. The number of carbonyl (C=O) groups excluding carboxylic acids is 7. The van der Waals surface area contributed by atoms with Crippen molar-refractivity contribution in [3.05, 3.63) is 0 Å². The minimum atomic E-state index is -1.61.